The molecule has 8 nitrogen and oxygen atoms in total. The molecule has 0 aromatic heterocycles. The molecule has 0 radical (unpaired) electrons. The average molecular weight is 373 g/mol. The highest BCUT2D eigenvalue weighted by Gasteiger charge is 2.37. The summed E-state index contributed by atoms with van der Waals surface area (Å²) in [5.74, 6) is -1.09. The van der Waals surface area contributed by atoms with E-state index in [-0.39, 0.29) is 24.8 Å². The lowest BCUT2D eigenvalue weighted by Gasteiger charge is -2.41. The van der Waals surface area contributed by atoms with Gasteiger partial charge in [0.15, 0.2) is 0 Å². The van der Waals surface area contributed by atoms with Crippen molar-refractivity contribution in [1.29, 1.82) is 0 Å². The van der Waals surface area contributed by atoms with Crippen molar-refractivity contribution in [2.45, 2.75) is 79.3 Å². The number of carbonyl (C=O) groups excluding carboxylic acids is 3. The molecule has 0 aromatic carbocycles. The van der Waals surface area contributed by atoms with E-state index in [0.29, 0.717) is 25.2 Å². The maximum Gasteiger partial charge on any atom is 0.268 e. The van der Waals surface area contributed by atoms with E-state index in [2.05, 4.69) is 0 Å². The molecule has 3 amide bonds. The number of nitrogens with one attached hydrogen (secondary N) is 1. The van der Waals surface area contributed by atoms with Gasteiger partial charge in [0.1, 0.15) is 6.04 Å². The van der Waals surface area contributed by atoms with Gasteiger partial charge in [0.25, 0.3) is 11.8 Å². The van der Waals surface area contributed by atoms with Gasteiger partial charge in [-0.1, -0.05) is 41.0 Å². The summed E-state index contributed by atoms with van der Waals surface area (Å²) in [6, 6.07) is -1.78. The standard InChI is InChI=1S/C18H36N4O4/c1-7-8-15(17(24)20-26)22(16(23)10-9-12(2)3)21(11-13(4)5)18(25)14(6)19/h12-15,26H,7-11,19H2,1-6H3,(H,20,24)/t14-,15?/m1/s1. The van der Waals surface area contributed by atoms with Crippen molar-refractivity contribution in [3.05, 3.63) is 0 Å². The molecule has 0 saturated heterocycles. The van der Waals surface area contributed by atoms with Crippen molar-refractivity contribution >= 4 is 17.7 Å². The Morgan fingerprint density at radius 3 is 2.00 bits per heavy atom. The molecule has 0 fully saturated rings. The largest absolute Gasteiger partial charge is 0.320 e. The molecule has 0 aliphatic rings. The zero-order valence-electron chi connectivity index (χ0n) is 17.0. The van der Waals surface area contributed by atoms with Gasteiger partial charge in [0.2, 0.25) is 5.91 Å². The first-order valence-corrected chi connectivity index (χ1v) is 9.39. The first-order valence-electron chi connectivity index (χ1n) is 9.39. The zero-order valence-corrected chi connectivity index (χ0v) is 17.0. The van der Waals surface area contributed by atoms with Crippen LogP contribution < -0.4 is 11.2 Å². The molecule has 152 valence electrons. The molecule has 0 rings (SSSR count). The van der Waals surface area contributed by atoms with Gasteiger partial charge >= 0.3 is 0 Å². The third-order valence-corrected chi connectivity index (χ3v) is 3.90. The smallest absolute Gasteiger partial charge is 0.268 e. The number of hydrazine groups is 1. The maximum atomic E-state index is 13.0. The Morgan fingerprint density at radius 1 is 1.04 bits per heavy atom. The van der Waals surface area contributed by atoms with Crippen LogP contribution in [-0.4, -0.2) is 51.6 Å². The molecule has 0 aliphatic carbocycles. The van der Waals surface area contributed by atoms with E-state index in [1.807, 2.05) is 34.6 Å². The highest BCUT2D eigenvalue weighted by molar-refractivity contribution is 5.90. The zero-order chi connectivity index (χ0) is 20.4. The lowest BCUT2D eigenvalue weighted by molar-refractivity contribution is -0.176. The molecule has 1 unspecified atom stereocenters. The number of hydroxylamine groups is 1. The molecule has 8 heteroatoms. The number of carbonyl (C=O) groups is 3. The first kappa shape index (κ1) is 24.3. The summed E-state index contributed by atoms with van der Waals surface area (Å²) >= 11 is 0. The molecule has 0 saturated carbocycles. The van der Waals surface area contributed by atoms with Crippen LogP contribution in [-0.2, 0) is 14.4 Å². The van der Waals surface area contributed by atoms with E-state index in [1.165, 1.54) is 10.0 Å². The molecule has 0 bridgehead atoms. The predicted octanol–water partition coefficient (Wildman–Crippen LogP) is 1.67. The molecule has 4 N–H and O–H groups in total. The minimum Gasteiger partial charge on any atom is -0.320 e. The van der Waals surface area contributed by atoms with Crippen molar-refractivity contribution in [1.82, 2.24) is 15.5 Å². The van der Waals surface area contributed by atoms with Gasteiger partial charge in [-0.2, -0.15) is 0 Å². The minimum atomic E-state index is -0.967. The summed E-state index contributed by atoms with van der Waals surface area (Å²) in [5.41, 5.74) is 7.40. The Morgan fingerprint density at radius 2 is 1.62 bits per heavy atom. The Bertz CT molecular complexity index is 466. The second-order valence-electron chi connectivity index (χ2n) is 7.55. The van der Waals surface area contributed by atoms with Gasteiger partial charge in [-0.25, -0.2) is 15.5 Å². The Hall–Kier alpha value is -1.67. The minimum absolute atomic E-state index is 0.0672. The van der Waals surface area contributed by atoms with Crippen molar-refractivity contribution < 1.29 is 19.6 Å². The quantitative estimate of drug-likeness (QED) is 0.398. The van der Waals surface area contributed by atoms with Crippen molar-refractivity contribution in [3.63, 3.8) is 0 Å². The van der Waals surface area contributed by atoms with Crippen molar-refractivity contribution in [2.75, 3.05) is 6.54 Å². The van der Waals surface area contributed by atoms with Crippen LogP contribution in [0, 0.1) is 11.8 Å². The van der Waals surface area contributed by atoms with Crippen molar-refractivity contribution in [3.8, 4) is 0 Å². The van der Waals surface area contributed by atoms with Crippen LogP contribution in [0.15, 0.2) is 0 Å². The highest BCUT2D eigenvalue weighted by atomic mass is 16.5. The summed E-state index contributed by atoms with van der Waals surface area (Å²) in [6.07, 6.45) is 1.77. The fourth-order valence-corrected chi connectivity index (χ4v) is 2.58. The van der Waals surface area contributed by atoms with E-state index >= 15 is 0 Å². The van der Waals surface area contributed by atoms with Gasteiger partial charge in [0, 0.05) is 13.0 Å². The van der Waals surface area contributed by atoms with E-state index in [9.17, 15) is 14.4 Å². The lowest BCUT2D eigenvalue weighted by atomic mass is 10.1. The summed E-state index contributed by atoms with van der Waals surface area (Å²) in [6.45, 7) is 11.5. The molecule has 26 heavy (non-hydrogen) atoms. The van der Waals surface area contributed by atoms with Gasteiger partial charge in [-0.05, 0) is 31.6 Å². The monoisotopic (exact) mass is 372 g/mol. The van der Waals surface area contributed by atoms with E-state index in [1.54, 1.807) is 12.4 Å². The van der Waals surface area contributed by atoms with Crippen LogP contribution in [0.5, 0.6) is 0 Å². The molecule has 0 aromatic rings. The predicted molar refractivity (Wildman–Crippen MR) is 99.7 cm³/mol. The third kappa shape index (κ3) is 7.70. The molecule has 0 heterocycles. The summed E-state index contributed by atoms with van der Waals surface area (Å²) in [5, 5.41) is 11.6. The summed E-state index contributed by atoms with van der Waals surface area (Å²) < 4.78 is 0. The number of hydrogen-bond donors (Lipinski definition) is 3. The number of amides is 3. The first-order chi connectivity index (χ1) is 12.1. The van der Waals surface area contributed by atoms with Crippen LogP contribution in [0.3, 0.4) is 0 Å². The van der Waals surface area contributed by atoms with Crippen LogP contribution in [0.2, 0.25) is 0 Å². The second kappa shape index (κ2) is 11.9. The fourth-order valence-electron chi connectivity index (χ4n) is 2.58. The number of rotatable bonds is 10. The van der Waals surface area contributed by atoms with Crippen LogP contribution in [0.4, 0.5) is 0 Å². The van der Waals surface area contributed by atoms with Gasteiger partial charge < -0.3 is 5.73 Å². The molecule has 0 aliphatic heterocycles. The maximum absolute atomic E-state index is 13.0. The summed E-state index contributed by atoms with van der Waals surface area (Å²) in [7, 11) is 0. The number of nitrogens with two attached hydrogens (primary N) is 1. The number of nitrogens with zero attached hydrogens (tertiary/aromatic N) is 2. The van der Waals surface area contributed by atoms with Gasteiger partial charge in [0.05, 0.1) is 6.04 Å². The SMILES string of the molecule is CCCC(C(=O)NO)N(C(=O)CCC(C)C)N(CC(C)C)C(=O)[C@@H](C)N. The topological polar surface area (TPSA) is 116 Å². The fraction of sp³-hybridized carbons (Fsp3) is 0.833. The van der Waals surface area contributed by atoms with Crippen LogP contribution >= 0.6 is 0 Å². The Kier molecular flexibility index (Phi) is 11.1. The Labute approximate surface area is 157 Å². The normalized spacial score (nSPS) is 13.5. The second-order valence-corrected chi connectivity index (χ2v) is 7.55. The van der Waals surface area contributed by atoms with Gasteiger partial charge in [-0.3, -0.25) is 19.6 Å². The van der Waals surface area contributed by atoms with Crippen molar-refractivity contribution in [2.24, 2.45) is 17.6 Å². The van der Waals surface area contributed by atoms with Gasteiger partial charge in [-0.15, -0.1) is 0 Å². The van der Waals surface area contributed by atoms with E-state index in [0.717, 1.165) is 0 Å². The highest BCUT2D eigenvalue weighted by Crippen LogP contribution is 2.18. The average Bonchev–Trinajstić information content (AvgIpc) is 2.56. The lowest BCUT2D eigenvalue weighted by Crippen LogP contribution is -2.61. The molecule has 2 atom stereocenters. The van der Waals surface area contributed by atoms with E-state index < -0.39 is 23.9 Å². The number of hydrogen-bond acceptors (Lipinski definition) is 5. The molecular weight excluding hydrogens is 336 g/mol. The van der Waals surface area contributed by atoms with Crippen LogP contribution in [0.25, 0.3) is 0 Å². The summed E-state index contributed by atoms with van der Waals surface area (Å²) in [4.78, 5) is 37.9. The molecular formula is C18H36N4O4. The Balaban J connectivity index is 5.97. The van der Waals surface area contributed by atoms with E-state index in [4.69, 9.17) is 10.9 Å². The van der Waals surface area contributed by atoms with Crippen LogP contribution in [0.1, 0.15) is 67.2 Å². The molecule has 0 spiro atoms. The third-order valence-electron chi connectivity index (χ3n) is 3.90.